The molecule has 0 bridgehead atoms. The van der Waals surface area contributed by atoms with E-state index in [2.05, 4.69) is 0 Å². The molecule has 0 spiro atoms. The lowest BCUT2D eigenvalue weighted by Gasteiger charge is -2.12. The highest BCUT2D eigenvalue weighted by Crippen LogP contribution is 2.30. The molecule has 0 aliphatic rings. The lowest BCUT2D eigenvalue weighted by molar-refractivity contribution is 0.151. The molecule has 0 amide bonds. The summed E-state index contributed by atoms with van der Waals surface area (Å²) in [6, 6.07) is 10.9. The van der Waals surface area contributed by atoms with Crippen molar-refractivity contribution < 1.29 is 8.78 Å². The highest BCUT2D eigenvalue weighted by atomic mass is 19.3. The first kappa shape index (κ1) is 11.1. The Morgan fingerprint density at radius 3 is 2.31 bits per heavy atom. The normalized spacial score (nSPS) is 11.6. The van der Waals surface area contributed by atoms with Gasteiger partial charge >= 0.3 is 0 Å². The average Bonchev–Trinajstić information content (AvgIpc) is 2.27. The molecule has 2 rings (SSSR count). The van der Waals surface area contributed by atoms with Crippen molar-refractivity contribution in [3.8, 4) is 0 Å². The van der Waals surface area contributed by atoms with E-state index in [9.17, 15) is 8.78 Å². The lowest BCUT2D eigenvalue weighted by atomic mass is 9.94. The van der Waals surface area contributed by atoms with Crippen molar-refractivity contribution >= 4 is 10.8 Å². The number of halogens is 2. The highest BCUT2D eigenvalue weighted by molar-refractivity contribution is 5.87. The van der Waals surface area contributed by atoms with Gasteiger partial charge in [-0.25, -0.2) is 8.78 Å². The van der Waals surface area contributed by atoms with E-state index in [1.807, 2.05) is 38.1 Å². The maximum atomic E-state index is 12.7. The van der Waals surface area contributed by atoms with Gasteiger partial charge in [-0.1, -0.05) is 38.1 Å². The molecule has 2 aromatic rings. The van der Waals surface area contributed by atoms with Crippen LogP contribution in [0.25, 0.3) is 10.8 Å². The summed E-state index contributed by atoms with van der Waals surface area (Å²) >= 11 is 0. The van der Waals surface area contributed by atoms with E-state index >= 15 is 0 Å². The molecular weight excluding hydrogens is 206 g/mol. The van der Waals surface area contributed by atoms with Crippen LogP contribution >= 0.6 is 0 Å². The van der Waals surface area contributed by atoms with E-state index in [0.29, 0.717) is 0 Å². The minimum Gasteiger partial charge on any atom is -0.205 e. The smallest absolute Gasteiger partial charge is 0.205 e. The Bertz CT molecular complexity index is 501. The molecular formula is C14H14F2. The van der Waals surface area contributed by atoms with Crippen LogP contribution in [0.1, 0.15) is 37.3 Å². The Balaban J connectivity index is 2.74. The van der Waals surface area contributed by atoms with Crippen molar-refractivity contribution in [2.24, 2.45) is 0 Å². The number of fused-ring (bicyclic) bond motifs is 1. The zero-order chi connectivity index (χ0) is 11.7. The fraction of sp³-hybridized carbons (Fsp3) is 0.286. The number of hydrogen-bond donors (Lipinski definition) is 0. The molecule has 0 radical (unpaired) electrons. The maximum absolute atomic E-state index is 12.7. The molecule has 0 N–H and O–H groups in total. The maximum Gasteiger partial charge on any atom is 0.263 e. The summed E-state index contributed by atoms with van der Waals surface area (Å²) in [6.07, 6.45) is -2.40. The predicted octanol–water partition coefficient (Wildman–Crippen LogP) is 4.90. The molecule has 2 heteroatoms. The van der Waals surface area contributed by atoms with Crippen LogP contribution in [0, 0.1) is 0 Å². The van der Waals surface area contributed by atoms with Gasteiger partial charge in [0.25, 0.3) is 6.43 Å². The Kier molecular flexibility index (Phi) is 2.90. The second-order valence-corrected chi connectivity index (χ2v) is 4.29. The van der Waals surface area contributed by atoms with Crippen LogP contribution in [-0.2, 0) is 0 Å². The highest BCUT2D eigenvalue weighted by Gasteiger charge is 2.12. The number of benzene rings is 2. The van der Waals surface area contributed by atoms with E-state index in [4.69, 9.17) is 0 Å². The Labute approximate surface area is 93.9 Å². The summed E-state index contributed by atoms with van der Waals surface area (Å²) in [6.45, 7) is 4.05. The van der Waals surface area contributed by atoms with Crippen molar-refractivity contribution in [3.05, 3.63) is 47.5 Å². The average molecular weight is 220 g/mol. The number of rotatable bonds is 2. The number of hydrogen-bond acceptors (Lipinski definition) is 0. The fourth-order valence-electron chi connectivity index (χ4n) is 1.97. The summed E-state index contributed by atoms with van der Waals surface area (Å²) in [5.41, 5.74) is 1.11. The largest absolute Gasteiger partial charge is 0.263 e. The minimum absolute atomic E-state index is 0.113. The lowest BCUT2D eigenvalue weighted by Crippen LogP contribution is -1.93. The zero-order valence-corrected chi connectivity index (χ0v) is 9.37. The standard InChI is InChI=1S/C14H14F2/c1-9(2)13-8-11(14(15)16)7-10-5-3-4-6-12(10)13/h3-9,14H,1-2H3. The molecule has 0 nitrogen and oxygen atoms in total. The summed E-state index contributed by atoms with van der Waals surface area (Å²) in [5.74, 6) is 0.253. The van der Waals surface area contributed by atoms with Gasteiger partial charge in [0.15, 0.2) is 0 Å². The van der Waals surface area contributed by atoms with Gasteiger partial charge in [0.2, 0.25) is 0 Å². The third-order valence-corrected chi connectivity index (χ3v) is 2.79. The third-order valence-electron chi connectivity index (χ3n) is 2.79. The molecule has 0 fully saturated rings. The molecule has 0 aromatic heterocycles. The van der Waals surface area contributed by atoms with Crippen molar-refractivity contribution in [2.45, 2.75) is 26.2 Å². The van der Waals surface area contributed by atoms with Crippen LogP contribution < -0.4 is 0 Å². The molecule has 0 saturated heterocycles. The topological polar surface area (TPSA) is 0 Å². The SMILES string of the molecule is CC(C)c1cc(C(F)F)cc2ccccc12. The molecule has 16 heavy (non-hydrogen) atoms. The molecule has 0 heterocycles. The van der Waals surface area contributed by atoms with Crippen LogP contribution in [-0.4, -0.2) is 0 Å². The van der Waals surface area contributed by atoms with Gasteiger partial charge < -0.3 is 0 Å². The van der Waals surface area contributed by atoms with E-state index in [0.717, 1.165) is 16.3 Å². The van der Waals surface area contributed by atoms with Gasteiger partial charge in [0.1, 0.15) is 0 Å². The molecule has 0 atom stereocenters. The summed E-state index contributed by atoms with van der Waals surface area (Å²) in [4.78, 5) is 0. The Morgan fingerprint density at radius 2 is 1.69 bits per heavy atom. The van der Waals surface area contributed by atoms with E-state index in [1.54, 1.807) is 12.1 Å². The molecule has 0 saturated carbocycles. The molecule has 0 unspecified atom stereocenters. The fourth-order valence-corrected chi connectivity index (χ4v) is 1.97. The van der Waals surface area contributed by atoms with Gasteiger partial charge in [-0.2, -0.15) is 0 Å². The molecule has 2 aromatic carbocycles. The molecule has 0 aliphatic heterocycles. The van der Waals surface area contributed by atoms with Gasteiger partial charge in [0.05, 0.1) is 0 Å². The van der Waals surface area contributed by atoms with E-state index in [1.165, 1.54) is 0 Å². The second-order valence-electron chi connectivity index (χ2n) is 4.29. The number of alkyl halides is 2. The Hall–Kier alpha value is -1.44. The van der Waals surface area contributed by atoms with Crippen LogP contribution in [0.2, 0.25) is 0 Å². The summed E-state index contributed by atoms with van der Waals surface area (Å²) in [7, 11) is 0. The first-order chi connectivity index (χ1) is 7.59. The molecule has 0 aliphatic carbocycles. The van der Waals surface area contributed by atoms with Gasteiger partial charge in [0, 0.05) is 5.56 Å². The van der Waals surface area contributed by atoms with Crippen molar-refractivity contribution in [1.82, 2.24) is 0 Å². The monoisotopic (exact) mass is 220 g/mol. The van der Waals surface area contributed by atoms with Gasteiger partial charge in [-0.3, -0.25) is 0 Å². The van der Waals surface area contributed by atoms with Gasteiger partial charge in [-0.05, 0) is 34.4 Å². The van der Waals surface area contributed by atoms with Crippen LogP contribution in [0.15, 0.2) is 36.4 Å². The predicted molar refractivity (Wildman–Crippen MR) is 63.0 cm³/mol. The molecule has 84 valence electrons. The zero-order valence-electron chi connectivity index (χ0n) is 9.37. The summed E-state index contributed by atoms with van der Waals surface area (Å²) in [5, 5.41) is 1.96. The van der Waals surface area contributed by atoms with Crippen LogP contribution in [0.4, 0.5) is 8.78 Å². The van der Waals surface area contributed by atoms with Crippen molar-refractivity contribution in [1.29, 1.82) is 0 Å². The third kappa shape index (κ3) is 1.92. The minimum atomic E-state index is -2.40. The Morgan fingerprint density at radius 1 is 1.00 bits per heavy atom. The first-order valence-electron chi connectivity index (χ1n) is 5.40. The van der Waals surface area contributed by atoms with E-state index in [-0.39, 0.29) is 11.5 Å². The second kappa shape index (κ2) is 4.20. The van der Waals surface area contributed by atoms with Crippen molar-refractivity contribution in [3.63, 3.8) is 0 Å². The quantitative estimate of drug-likeness (QED) is 0.675. The first-order valence-corrected chi connectivity index (χ1v) is 5.40. The summed E-state index contributed by atoms with van der Waals surface area (Å²) < 4.78 is 25.5. The van der Waals surface area contributed by atoms with Gasteiger partial charge in [-0.15, -0.1) is 0 Å². The van der Waals surface area contributed by atoms with Crippen LogP contribution in [0.3, 0.4) is 0 Å². The van der Waals surface area contributed by atoms with Crippen molar-refractivity contribution in [2.75, 3.05) is 0 Å². The van der Waals surface area contributed by atoms with Crippen LogP contribution in [0.5, 0.6) is 0 Å². The van der Waals surface area contributed by atoms with E-state index < -0.39 is 6.43 Å².